The normalized spacial score (nSPS) is 10.6. The van der Waals surface area contributed by atoms with Gasteiger partial charge in [0.25, 0.3) is 0 Å². The quantitative estimate of drug-likeness (QED) is 0.795. The van der Waals surface area contributed by atoms with E-state index in [-0.39, 0.29) is 6.61 Å². The molecule has 0 amide bonds. The van der Waals surface area contributed by atoms with Crippen LogP contribution in [-0.4, -0.2) is 21.7 Å². The van der Waals surface area contributed by atoms with Crippen molar-refractivity contribution in [1.29, 1.82) is 0 Å². The average molecular weight is 188 g/mol. The van der Waals surface area contributed by atoms with Crippen LogP contribution in [0, 0.1) is 0 Å². The first kappa shape index (κ1) is 9.09. The minimum absolute atomic E-state index is 0.203. The van der Waals surface area contributed by atoms with Crippen molar-refractivity contribution >= 4 is 11.0 Å². The number of nitrogens with zero attached hydrogens (tertiary/aromatic N) is 2. The van der Waals surface area contributed by atoms with Crippen molar-refractivity contribution in [1.82, 2.24) is 9.97 Å². The highest BCUT2D eigenvalue weighted by molar-refractivity contribution is 5.73. The molecule has 72 valence electrons. The van der Waals surface area contributed by atoms with E-state index in [2.05, 4.69) is 9.97 Å². The molecule has 3 nitrogen and oxygen atoms in total. The summed E-state index contributed by atoms with van der Waals surface area (Å²) in [4.78, 5) is 8.73. The van der Waals surface area contributed by atoms with Crippen LogP contribution in [0.1, 0.15) is 12.1 Å². The fourth-order valence-electron chi connectivity index (χ4n) is 1.38. The monoisotopic (exact) mass is 188 g/mol. The molecule has 0 radical (unpaired) electrons. The maximum Gasteiger partial charge on any atom is 0.0890 e. The van der Waals surface area contributed by atoms with Crippen molar-refractivity contribution in [2.24, 2.45) is 0 Å². The van der Waals surface area contributed by atoms with Crippen LogP contribution in [0.2, 0.25) is 0 Å². The predicted molar refractivity (Wildman–Crippen MR) is 54.9 cm³/mol. The van der Waals surface area contributed by atoms with Crippen LogP contribution in [-0.2, 0) is 6.42 Å². The van der Waals surface area contributed by atoms with E-state index in [1.54, 1.807) is 6.20 Å². The lowest BCUT2D eigenvalue weighted by Crippen LogP contribution is -1.95. The van der Waals surface area contributed by atoms with Crippen molar-refractivity contribution in [3.63, 3.8) is 0 Å². The zero-order chi connectivity index (χ0) is 9.80. The molecule has 1 heterocycles. The largest absolute Gasteiger partial charge is 0.396 e. The summed E-state index contributed by atoms with van der Waals surface area (Å²) >= 11 is 0. The molecular weight excluding hydrogens is 176 g/mol. The molecule has 1 aromatic carbocycles. The van der Waals surface area contributed by atoms with Gasteiger partial charge in [-0.2, -0.15) is 0 Å². The molecule has 0 atom stereocenters. The molecule has 2 rings (SSSR count). The van der Waals surface area contributed by atoms with E-state index in [1.165, 1.54) is 0 Å². The number of aryl methyl sites for hydroxylation is 1. The van der Waals surface area contributed by atoms with Gasteiger partial charge in [-0.1, -0.05) is 12.1 Å². The summed E-state index contributed by atoms with van der Waals surface area (Å²) in [7, 11) is 0. The fourth-order valence-corrected chi connectivity index (χ4v) is 1.38. The SMILES string of the molecule is OCCCc1cnc2ccccc2n1. The van der Waals surface area contributed by atoms with Crippen molar-refractivity contribution in [2.75, 3.05) is 6.61 Å². The third-order valence-corrected chi connectivity index (χ3v) is 2.09. The first-order chi connectivity index (χ1) is 6.90. The van der Waals surface area contributed by atoms with Crippen LogP contribution in [0.5, 0.6) is 0 Å². The Morgan fingerprint density at radius 3 is 2.71 bits per heavy atom. The van der Waals surface area contributed by atoms with E-state index in [0.717, 1.165) is 29.6 Å². The highest BCUT2D eigenvalue weighted by atomic mass is 16.2. The van der Waals surface area contributed by atoms with E-state index in [9.17, 15) is 0 Å². The number of aliphatic hydroxyl groups excluding tert-OH is 1. The molecule has 2 aromatic rings. The van der Waals surface area contributed by atoms with Crippen LogP contribution in [0.25, 0.3) is 11.0 Å². The van der Waals surface area contributed by atoms with E-state index in [0.29, 0.717) is 0 Å². The second-order valence-electron chi connectivity index (χ2n) is 3.18. The lowest BCUT2D eigenvalue weighted by atomic mass is 10.2. The minimum Gasteiger partial charge on any atom is -0.396 e. The van der Waals surface area contributed by atoms with Gasteiger partial charge in [-0.05, 0) is 25.0 Å². The number of para-hydroxylation sites is 2. The molecule has 1 N–H and O–H groups in total. The molecule has 3 heteroatoms. The second kappa shape index (κ2) is 4.15. The first-order valence-electron chi connectivity index (χ1n) is 4.71. The van der Waals surface area contributed by atoms with Crippen LogP contribution in [0.3, 0.4) is 0 Å². The number of benzene rings is 1. The Morgan fingerprint density at radius 2 is 1.93 bits per heavy atom. The molecule has 0 aliphatic heterocycles. The number of rotatable bonds is 3. The summed E-state index contributed by atoms with van der Waals surface area (Å²) in [6, 6.07) is 7.79. The van der Waals surface area contributed by atoms with E-state index in [4.69, 9.17) is 5.11 Å². The fraction of sp³-hybridized carbons (Fsp3) is 0.273. The summed E-state index contributed by atoms with van der Waals surface area (Å²) in [6.07, 6.45) is 3.30. The molecule has 0 aliphatic carbocycles. The van der Waals surface area contributed by atoms with E-state index >= 15 is 0 Å². The molecule has 0 fully saturated rings. The number of aromatic nitrogens is 2. The third-order valence-electron chi connectivity index (χ3n) is 2.09. The van der Waals surface area contributed by atoms with E-state index < -0.39 is 0 Å². The lowest BCUT2D eigenvalue weighted by molar-refractivity contribution is 0.288. The molecule has 0 spiro atoms. The van der Waals surface area contributed by atoms with Gasteiger partial charge in [0.15, 0.2) is 0 Å². The zero-order valence-electron chi connectivity index (χ0n) is 7.85. The second-order valence-corrected chi connectivity index (χ2v) is 3.18. The average Bonchev–Trinajstić information content (AvgIpc) is 2.26. The number of fused-ring (bicyclic) bond motifs is 1. The molecule has 1 aromatic heterocycles. The molecule has 0 aliphatic rings. The van der Waals surface area contributed by atoms with Gasteiger partial charge in [-0.25, -0.2) is 4.98 Å². The van der Waals surface area contributed by atoms with Gasteiger partial charge >= 0.3 is 0 Å². The highest BCUT2D eigenvalue weighted by Gasteiger charge is 1.98. The van der Waals surface area contributed by atoms with Crippen LogP contribution in [0.4, 0.5) is 0 Å². The standard InChI is InChI=1S/C11H12N2O/c14-7-3-4-9-8-12-10-5-1-2-6-11(10)13-9/h1-2,5-6,8,14H,3-4,7H2. The Hall–Kier alpha value is -1.48. The Bertz CT molecular complexity index is 428. The van der Waals surface area contributed by atoms with E-state index in [1.807, 2.05) is 24.3 Å². The molecular formula is C11H12N2O. The summed E-state index contributed by atoms with van der Waals surface area (Å²) in [5.41, 5.74) is 2.78. The minimum atomic E-state index is 0.203. The lowest BCUT2D eigenvalue weighted by Gasteiger charge is -2.00. The van der Waals surface area contributed by atoms with Gasteiger partial charge in [-0.3, -0.25) is 4.98 Å². The Labute approximate surface area is 82.4 Å². The maximum absolute atomic E-state index is 8.69. The number of hydrogen-bond donors (Lipinski definition) is 1. The third kappa shape index (κ3) is 1.88. The highest BCUT2D eigenvalue weighted by Crippen LogP contribution is 2.09. The maximum atomic E-state index is 8.69. The van der Waals surface area contributed by atoms with Gasteiger partial charge in [-0.15, -0.1) is 0 Å². The smallest absolute Gasteiger partial charge is 0.0890 e. The summed E-state index contributed by atoms with van der Waals surface area (Å²) in [5, 5.41) is 8.69. The van der Waals surface area contributed by atoms with Crippen LogP contribution in [0.15, 0.2) is 30.5 Å². The summed E-state index contributed by atoms with van der Waals surface area (Å²) < 4.78 is 0. The first-order valence-corrected chi connectivity index (χ1v) is 4.71. The van der Waals surface area contributed by atoms with Crippen molar-refractivity contribution < 1.29 is 5.11 Å². The predicted octanol–water partition coefficient (Wildman–Crippen LogP) is 1.55. The Balaban J connectivity index is 2.32. The van der Waals surface area contributed by atoms with Crippen molar-refractivity contribution in [3.8, 4) is 0 Å². The Kier molecular flexibility index (Phi) is 2.70. The molecule has 0 saturated heterocycles. The van der Waals surface area contributed by atoms with Crippen LogP contribution >= 0.6 is 0 Å². The molecule has 0 saturated carbocycles. The molecule has 0 unspecified atom stereocenters. The van der Waals surface area contributed by atoms with Crippen molar-refractivity contribution in [3.05, 3.63) is 36.2 Å². The van der Waals surface area contributed by atoms with Gasteiger partial charge in [0.2, 0.25) is 0 Å². The topological polar surface area (TPSA) is 46.0 Å². The summed E-state index contributed by atoms with van der Waals surface area (Å²) in [5.74, 6) is 0. The molecule has 14 heavy (non-hydrogen) atoms. The van der Waals surface area contributed by atoms with Gasteiger partial charge in [0, 0.05) is 12.8 Å². The summed E-state index contributed by atoms with van der Waals surface area (Å²) in [6.45, 7) is 0.203. The van der Waals surface area contributed by atoms with Crippen LogP contribution < -0.4 is 0 Å². The molecule has 0 bridgehead atoms. The van der Waals surface area contributed by atoms with Gasteiger partial charge in [0.05, 0.1) is 16.7 Å². The van der Waals surface area contributed by atoms with Crippen molar-refractivity contribution in [2.45, 2.75) is 12.8 Å². The van der Waals surface area contributed by atoms with Gasteiger partial charge < -0.3 is 5.11 Å². The zero-order valence-corrected chi connectivity index (χ0v) is 7.85. The number of hydrogen-bond acceptors (Lipinski definition) is 3. The number of aliphatic hydroxyl groups is 1. The Morgan fingerprint density at radius 1 is 1.14 bits per heavy atom. The van der Waals surface area contributed by atoms with Gasteiger partial charge in [0.1, 0.15) is 0 Å².